The average Bonchev–Trinajstić information content (AvgIpc) is 2.45. The van der Waals surface area contributed by atoms with Crippen LogP contribution >= 0.6 is 10.2 Å². The normalized spacial score (nSPS) is 10.9. The second kappa shape index (κ2) is 7.76. The molecule has 19 heavy (non-hydrogen) atoms. The predicted octanol–water partition coefficient (Wildman–Crippen LogP) is 3.65. The summed E-state index contributed by atoms with van der Waals surface area (Å²) in [7, 11) is 1.93. The zero-order valence-electron chi connectivity index (χ0n) is 11.2. The molecule has 0 aromatic heterocycles. The Balaban J connectivity index is 1.99. The molecule has 3 heteroatoms. The van der Waals surface area contributed by atoms with Crippen LogP contribution in [0.3, 0.4) is 0 Å². The first-order valence-electron chi connectivity index (χ1n) is 6.35. The second-order valence-corrected chi connectivity index (χ2v) is 8.27. The van der Waals surface area contributed by atoms with Crippen molar-refractivity contribution >= 4 is 28.5 Å². The summed E-state index contributed by atoms with van der Waals surface area (Å²) < 4.78 is 7.14. The molecule has 0 saturated carbocycles. The van der Waals surface area contributed by atoms with E-state index in [0.29, 0.717) is 20.4 Å². The topological polar surface area (TPSA) is 9.23 Å². The zero-order valence-corrected chi connectivity index (χ0v) is 13.7. The molecular weight excluding hydrogens is 319 g/mol. The molecule has 2 rings (SSSR count). The molecule has 0 fully saturated rings. The fraction of sp³-hybridized carbons (Fsp3) is 0.250. The Bertz CT molecular complexity index is 499. The summed E-state index contributed by atoms with van der Waals surface area (Å²) in [6.45, 7) is 4.86. The average molecular weight is 337 g/mol. The van der Waals surface area contributed by atoms with Crippen molar-refractivity contribution in [2.24, 2.45) is 0 Å². The van der Waals surface area contributed by atoms with E-state index in [9.17, 15) is 0 Å². The summed E-state index contributed by atoms with van der Waals surface area (Å²) in [6.07, 6.45) is 0.280. The Kier molecular flexibility index (Phi) is 5.99. The summed E-state index contributed by atoms with van der Waals surface area (Å²) in [6, 6.07) is 19.2. The van der Waals surface area contributed by atoms with Crippen molar-refractivity contribution < 1.29 is 4.74 Å². The number of ether oxygens (including phenoxy) is 1. The maximum atomic E-state index is 5.72. The Morgan fingerprint density at radius 2 is 1.68 bits per heavy atom. The van der Waals surface area contributed by atoms with Crippen molar-refractivity contribution in [3.8, 4) is 0 Å². The van der Waals surface area contributed by atoms with Gasteiger partial charge in [-0.05, 0) is 0 Å². The van der Waals surface area contributed by atoms with Crippen LogP contribution in [0, 0.1) is 0 Å². The van der Waals surface area contributed by atoms with Crippen LogP contribution in [0.25, 0.3) is 0 Å². The van der Waals surface area contributed by atoms with Crippen LogP contribution in [-0.4, -0.2) is 19.9 Å². The first-order valence-corrected chi connectivity index (χ1v) is 10.0. The Morgan fingerprint density at radius 3 is 2.42 bits per heavy atom. The van der Waals surface area contributed by atoms with Crippen LogP contribution < -0.4 is 4.46 Å². The fourth-order valence-corrected chi connectivity index (χ4v) is 5.47. The molecule has 0 saturated heterocycles. The van der Waals surface area contributed by atoms with Gasteiger partial charge in [-0.15, -0.1) is 0 Å². The standard InChI is InChI=1S/C16H18OSSe/c1-13(2)17-12-14-8-6-7-11-16(14)19-18-15-9-4-3-5-10-15/h3-11,13H,12H2,1-2H3. The third-order valence-electron chi connectivity index (χ3n) is 2.52. The van der Waals surface area contributed by atoms with Gasteiger partial charge in [-0.2, -0.15) is 0 Å². The maximum absolute atomic E-state index is 5.72. The molecule has 0 aliphatic carbocycles. The molecule has 1 nitrogen and oxygen atoms in total. The van der Waals surface area contributed by atoms with E-state index < -0.39 is 0 Å². The Morgan fingerprint density at radius 1 is 1.00 bits per heavy atom. The molecule has 100 valence electrons. The van der Waals surface area contributed by atoms with E-state index in [1.807, 2.05) is 10.2 Å². The van der Waals surface area contributed by atoms with Gasteiger partial charge in [-0.1, -0.05) is 0 Å². The molecule has 0 N–H and O–H groups in total. The van der Waals surface area contributed by atoms with Crippen LogP contribution in [0.1, 0.15) is 19.4 Å². The van der Waals surface area contributed by atoms with Gasteiger partial charge in [0, 0.05) is 0 Å². The molecule has 0 unspecified atom stereocenters. The molecule has 0 aliphatic heterocycles. The van der Waals surface area contributed by atoms with Crippen molar-refractivity contribution in [3.05, 3.63) is 60.2 Å². The quantitative estimate of drug-likeness (QED) is 0.744. The van der Waals surface area contributed by atoms with Crippen LogP contribution in [0.2, 0.25) is 0 Å². The zero-order chi connectivity index (χ0) is 13.5. The Hall–Kier alpha value is -0.731. The first-order chi connectivity index (χ1) is 9.25. The first kappa shape index (κ1) is 14.7. The molecule has 0 bridgehead atoms. The summed E-state index contributed by atoms with van der Waals surface area (Å²) in [4.78, 5) is 1.34. The summed E-state index contributed by atoms with van der Waals surface area (Å²) in [5, 5.41) is 0. The molecular formula is C16H18OSSe. The van der Waals surface area contributed by atoms with E-state index in [0.717, 1.165) is 0 Å². The van der Waals surface area contributed by atoms with Gasteiger partial charge in [-0.25, -0.2) is 0 Å². The number of rotatable bonds is 6. The third-order valence-corrected chi connectivity index (χ3v) is 6.94. The summed E-state index contributed by atoms with van der Waals surface area (Å²) in [5.74, 6) is 0. The van der Waals surface area contributed by atoms with E-state index in [1.165, 1.54) is 14.9 Å². The van der Waals surface area contributed by atoms with Crippen molar-refractivity contribution in [1.82, 2.24) is 0 Å². The summed E-state index contributed by atoms with van der Waals surface area (Å²) >= 11 is 0.387. The van der Waals surface area contributed by atoms with E-state index in [1.54, 1.807) is 0 Å². The van der Waals surface area contributed by atoms with Gasteiger partial charge < -0.3 is 0 Å². The molecule has 0 heterocycles. The van der Waals surface area contributed by atoms with Gasteiger partial charge >= 0.3 is 125 Å². The van der Waals surface area contributed by atoms with Crippen molar-refractivity contribution in [1.29, 1.82) is 0 Å². The van der Waals surface area contributed by atoms with Gasteiger partial charge in [0.15, 0.2) is 0 Å². The SMILES string of the molecule is CC(C)OCc1ccccc1[Se]Sc1ccccc1. The molecule has 0 atom stereocenters. The minimum absolute atomic E-state index is 0.280. The van der Waals surface area contributed by atoms with Crippen LogP contribution in [0.15, 0.2) is 59.5 Å². The van der Waals surface area contributed by atoms with Crippen LogP contribution in [0.5, 0.6) is 0 Å². The van der Waals surface area contributed by atoms with E-state index in [2.05, 4.69) is 68.4 Å². The predicted molar refractivity (Wildman–Crippen MR) is 84.1 cm³/mol. The summed E-state index contributed by atoms with van der Waals surface area (Å²) in [5.41, 5.74) is 1.32. The van der Waals surface area contributed by atoms with Gasteiger partial charge in [0.05, 0.1) is 0 Å². The molecule has 0 radical (unpaired) electrons. The Labute approximate surface area is 125 Å². The van der Waals surface area contributed by atoms with Crippen molar-refractivity contribution in [2.75, 3.05) is 0 Å². The molecule has 2 aromatic carbocycles. The van der Waals surface area contributed by atoms with E-state index >= 15 is 0 Å². The second-order valence-electron chi connectivity index (χ2n) is 4.45. The minimum atomic E-state index is 0.280. The van der Waals surface area contributed by atoms with E-state index in [4.69, 9.17) is 4.74 Å². The molecule has 0 aliphatic rings. The van der Waals surface area contributed by atoms with Crippen LogP contribution in [-0.2, 0) is 11.3 Å². The third kappa shape index (κ3) is 5.04. The van der Waals surface area contributed by atoms with Gasteiger partial charge in [-0.3, -0.25) is 0 Å². The number of benzene rings is 2. The fourth-order valence-electron chi connectivity index (χ4n) is 1.53. The van der Waals surface area contributed by atoms with Gasteiger partial charge in [0.1, 0.15) is 0 Å². The molecule has 0 amide bonds. The number of hydrogen-bond acceptors (Lipinski definition) is 2. The molecule has 0 spiro atoms. The monoisotopic (exact) mass is 338 g/mol. The van der Waals surface area contributed by atoms with E-state index in [-0.39, 0.29) is 6.10 Å². The van der Waals surface area contributed by atoms with Crippen molar-refractivity contribution in [2.45, 2.75) is 31.5 Å². The van der Waals surface area contributed by atoms with Crippen LogP contribution in [0.4, 0.5) is 0 Å². The molecule has 2 aromatic rings. The number of hydrogen-bond donors (Lipinski definition) is 0. The van der Waals surface area contributed by atoms with Crippen molar-refractivity contribution in [3.63, 3.8) is 0 Å². The van der Waals surface area contributed by atoms with Gasteiger partial charge in [0.25, 0.3) is 0 Å². The van der Waals surface area contributed by atoms with Gasteiger partial charge in [0.2, 0.25) is 0 Å².